The Hall–Kier alpha value is -3.03. The van der Waals surface area contributed by atoms with Crippen LogP contribution < -0.4 is 0 Å². The molecule has 0 radical (unpaired) electrons. The third-order valence-corrected chi connectivity index (χ3v) is 5.32. The molecular weight excluding hydrogens is 437 g/mol. The number of nitriles is 1. The molecule has 0 saturated carbocycles. The maximum atomic E-state index is 9.80. The van der Waals surface area contributed by atoms with E-state index in [9.17, 15) is 5.26 Å². The number of hydrogen-bond acceptors (Lipinski definition) is 2. The lowest BCUT2D eigenvalue weighted by molar-refractivity contribution is 0.884. The van der Waals surface area contributed by atoms with Crippen LogP contribution in [0.4, 0.5) is 0 Å². The normalized spacial score (nSPS) is 11.3. The summed E-state index contributed by atoms with van der Waals surface area (Å²) in [6.45, 7) is 0. The zero-order chi connectivity index (χ0) is 21.1. The van der Waals surface area contributed by atoms with Gasteiger partial charge in [-0.2, -0.15) is 10.4 Å². The molecule has 0 bridgehead atoms. The number of halogens is 3. The van der Waals surface area contributed by atoms with Crippen LogP contribution in [0.1, 0.15) is 11.1 Å². The number of nitrogens with zero attached hydrogens (tertiary/aromatic N) is 3. The summed E-state index contributed by atoms with van der Waals surface area (Å²) in [7, 11) is 0. The summed E-state index contributed by atoms with van der Waals surface area (Å²) in [6, 6.07) is 24.5. The van der Waals surface area contributed by atoms with Crippen molar-refractivity contribution in [3.8, 4) is 23.0 Å². The molecule has 146 valence electrons. The van der Waals surface area contributed by atoms with E-state index in [1.54, 1.807) is 29.0 Å². The summed E-state index contributed by atoms with van der Waals surface area (Å²) in [5.74, 6) is 0. The first-order chi connectivity index (χ1) is 14.5. The van der Waals surface area contributed by atoms with Crippen molar-refractivity contribution in [2.24, 2.45) is 0 Å². The van der Waals surface area contributed by atoms with E-state index in [0.29, 0.717) is 26.2 Å². The fourth-order valence-corrected chi connectivity index (χ4v) is 3.71. The highest BCUT2D eigenvalue weighted by Gasteiger charge is 2.14. The Morgan fingerprint density at radius 2 is 1.60 bits per heavy atom. The van der Waals surface area contributed by atoms with Gasteiger partial charge in [0.2, 0.25) is 0 Å². The van der Waals surface area contributed by atoms with Crippen LogP contribution in [0.3, 0.4) is 0 Å². The summed E-state index contributed by atoms with van der Waals surface area (Å²) >= 11 is 18.4. The molecule has 0 aliphatic carbocycles. The first kappa shape index (κ1) is 20.3. The lowest BCUT2D eigenvalue weighted by atomic mass is 10.0. The average molecular weight is 451 g/mol. The van der Waals surface area contributed by atoms with Crippen molar-refractivity contribution in [2.45, 2.75) is 0 Å². The molecule has 1 heterocycles. The molecule has 0 fully saturated rings. The molecule has 3 aromatic carbocycles. The molecule has 0 unspecified atom stereocenters. The predicted molar refractivity (Wildman–Crippen MR) is 124 cm³/mol. The highest BCUT2D eigenvalue weighted by atomic mass is 35.5. The molecule has 30 heavy (non-hydrogen) atoms. The van der Waals surface area contributed by atoms with Crippen LogP contribution in [0.25, 0.3) is 28.6 Å². The van der Waals surface area contributed by atoms with Crippen molar-refractivity contribution in [2.75, 3.05) is 0 Å². The van der Waals surface area contributed by atoms with Gasteiger partial charge in [0, 0.05) is 32.9 Å². The molecule has 0 aliphatic rings. The van der Waals surface area contributed by atoms with E-state index in [0.717, 1.165) is 22.5 Å². The Morgan fingerprint density at radius 1 is 0.900 bits per heavy atom. The van der Waals surface area contributed by atoms with Crippen LogP contribution in [0.15, 0.2) is 79.0 Å². The molecule has 3 nitrogen and oxygen atoms in total. The summed E-state index contributed by atoms with van der Waals surface area (Å²) in [6.07, 6.45) is 3.67. The summed E-state index contributed by atoms with van der Waals surface area (Å²) in [4.78, 5) is 0. The average Bonchev–Trinajstić information content (AvgIpc) is 3.17. The van der Waals surface area contributed by atoms with Crippen molar-refractivity contribution in [1.29, 1.82) is 5.26 Å². The van der Waals surface area contributed by atoms with Gasteiger partial charge in [-0.05, 0) is 42.5 Å². The van der Waals surface area contributed by atoms with Crippen LogP contribution in [0, 0.1) is 11.3 Å². The smallest absolute Gasteiger partial charge is 0.1000 e. The molecule has 6 heteroatoms. The van der Waals surface area contributed by atoms with Crippen LogP contribution in [-0.2, 0) is 0 Å². The van der Waals surface area contributed by atoms with Crippen molar-refractivity contribution in [1.82, 2.24) is 9.78 Å². The zero-order valence-electron chi connectivity index (χ0n) is 15.6. The molecule has 0 spiro atoms. The fourth-order valence-electron chi connectivity index (χ4n) is 3.07. The number of allylic oxidation sites excluding steroid dienone is 1. The number of benzene rings is 3. The van der Waals surface area contributed by atoms with E-state index in [1.807, 2.05) is 60.8 Å². The van der Waals surface area contributed by atoms with E-state index in [4.69, 9.17) is 39.9 Å². The number of rotatable bonds is 4. The summed E-state index contributed by atoms with van der Waals surface area (Å²) < 4.78 is 1.79. The lowest BCUT2D eigenvalue weighted by Gasteiger charge is -2.04. The van der Waals surface area contributed by atoms with Gasteiger partial charge in [-0.15, -0.1) is 0 Å². The van der Waals surface area contributed by atoms with Gasteiger partial charge in [0.15, 0.2) is 0 Å². The zero-order valence-corrected chi connectivity index (χ0v) is 17.8. The standard InChI is InChI=1S/C24H14Cl3N3/c25-19-8-6-16(7-9-19)24-18(15-30(29-24)21-4-2-1-3-5-21)12-17(14-28)22-11-10-20(26)13-23(22)27/h1-13,15H. The first-order valence-electron chi connectivity index (χ1n) is 9.03. The van der Waals surface area contributed by atoms with Gasteiger partial charge < -0.3 is 0 Å². The minimum absolute atomic E-state index is 0.416. The highest BCUT2D eigenvalue weighted by molar-refractivity contribution is 6.36. The van der Waals surface area contributed by atoms with Crippen molar-refractivity contribution in [3.05, 3.63) is 105 Å². The third-order valence-electron chi connectivity index (χ3n) is 4.52. The minimum atomic E-state index is 0.416. The van der Waals surface area contributed by atoms with E-state index in [2.05, 4.69) is 6.07 Å². The largest absolute Gasteiger partial charge is 0.240 e. The van der Waals surface area contributed by atoms with Crippen molar-refractivity contribution >= 4 is 46.5 Å². The molecule has 0 atom stereocenters. The van der Waals surface area contributed by atoms with E-state index < -0.39 is 0 Å². The Bertz CT molecular complexity index is 1270. The van der Waals surface area contributed by atoms with Crippen LogP contribution in [0.5, 0.6) is 0 Å². The maximum absolute atomic E-state index is 9.80. The van der Waals surface area contributed by atoms with E-state index in [-0.39, 0.29) is 0 Å². The molecule has 1 aromatic heterocycles. The Morgan fingerprint density at radius 3 is 2.27 bits per heavy atom. The van der Waals surface area contributed by atoms with Crippen LogP contribution in [0.2, 0.25) is 15.1 Å². The van der Waals surface area contributed by atoms with Gasteiger partial charge in [-0.25, -0.2) is 4.68 Å². The minimum Gasteiger partial charge on any atom is -0.240 e. The molecule has 4 rings (SSSR count). The summed E-state index contributed by atoms with van der Waals surface area (Å²) in [5, 5.41) is 16.1. The quantitative estimate of drug-likeness (QED) is 0.301. The molecular formula is C24H14Cl3N3. The number of para-hydroxylation sites is 1. The topological polar surface area (TPSA) is 41.6 Å². The second-order valence-electron chi connectivity index (χ2n) is 6.51. The predicted octanol–water partition coefficient (Wildman–Crippen LogP) is 7.56. The molecule has 0 saturated heterocycles. The Balaban J connectivity index is 1.88. The van der Waals surface area contributed by atoms with Crippen LogP contribution in [-0.4, -0.2) is 9.78 Å². The second-order valence-corrected chi connectivity index (χ2v) is 7.79. The molecule has 0 N–H and O–H groups in total. The Labute approximate surface area is 189 Å². The van der Waals surface area contributed by atoms with Gasteiger partial charge >= 0.3 is 0 Å². The second kappa shape index (κ2) is 8.77. The number of hydrogen-bond donors (Lipinski definition) is 0. The van der Waals surface area contributed by atoms with Gasteiger partial charge in [0.05, 0.1) is 28.0 Å². The van der Waals surface area contributed by atoms with E-state index in [1.165, 1.54) is 0 Å². The van der Waals surface area contributed by atoms with Crippen molar-refractivity contribution in [3.63, 3.8) is 0 Å². The monoisotopic (exact) mass is 449 g/mol. The maximum Gasteiger partial charge on any atom is 0.1000 e. The van der Waals surface area contributed by atoms with Crippen LogP contribution >= 0.6 is 34.8 Å². The van der Waals surface area contributed by atoms with Gasteiger partial charge in [0.25, 0.3) is 0 Å². The molecule has 0 amide bonds. The molecule has 0 aliphatic heterocycles. The first-order valence-corrected chi connectivity index (χ1v) is 10.2. The van der Waals surface area contributed by atoms with Gasteiger partial charge in [0.1, 0.15) is 0 Å². The Kier molecular flexibility index (Phi) is 5.92. The van der Waals surface area contributed by atoms with Crippen molar-refractivity contribution < 1.29 is 0 Å². The number of aromatic nitrogens is 2. The lowest BCUT2D eigenvalue weighted by Crippen LogP contribution is -1.93. The van der Waals surface area contributed by atoms with E-state index >= 15 is 0 Å². The molecule has 4 aromatic rings. The van der Waals surface area contributed by atoms with Gasteiger partial charge in [-0.1, -0.05) is 71.2 Å². The third kappa shape index (κ3) is 4.27. The SMILES string of the molecule is N#CC(=Cc1cn(-c2ccccc2)nc1-c1ccc(Cl)cc1)c1ccc(Cl)cc1Cl. The fraction of sp³-hybridized carbons (Fsp3) is 0. The van der Waals surface area contributed by atoms with Gasteiger partial charge in [-0.3, -0.25) is 0 Å². The highest BCUT2D eigenvalue weighted by Crippen LogP contribution is 2.31. The summed E-state index contributed by atoms with van der Waals surface area (Å²) in [5.41, 5.74) is 4.34.